The van der Waals surface area contributed by atoms with Gasteiger partial charge in [-0.05, 0) is 12.1 Å². The fraction of sp³-hybridized carbons (Fsp3) is 0.120. The zero-order chi connectivity index (χ0) is 21.8. The van der Waals surface area contributed by atoms with Gasteiger partial charge in [-0.15, -0.1) is 0 Å². The highest BCUT2D eigenvalue weighted by molar-refractivity contribution is 6.21. The first-order valence-corrected chi connectivity index (χ1v) is 9.85. The van der Waals surface area contributed by atoms with Gasteiger partial charge in [0.15, 0.2) is 6.10 Å². The molecule has 3 aromatic carbocycles. The highest BCUT2D eigenvalue weighted by atomic mass is 16.5. The number of nitrogens with zero attached hydrogens (tertiary/aromatic N) is 1. The SMILES string of the molecule is O=C(CCN1C(=O)c2ccccc2C1=O)O[C@H](C(=O)c1ccccc1)c1ccccc1. The molecule has 0 radical (unpaired) electrons. The minimum Gasteiger partial charge on any atom is -0.449 e. The summed E-state index contributed by atoms with van der Waals surface area (Å²) in [5.41, 5.74) is 1.61. The molecule has 0 N–H and O–H groups in total. The van der Waals surface area contributed by atoms with Gasteiger partial charge in [-0.25, -0.2) is 0 Å². The molecule has 31 heavy (non-hydrogen) atoms. The van der Waals surface area contributed by atoms with E-state index in [0.717, 1.165) is 4.90 Å². The van der Waals surface area contributed by atoms with Crippen LogP contribution >= 0.6 is 0 Å². The van der Waals surface area contributed by atoms with Crippen LogP contribution in [-0.4, -0.2) is 35.0 Å². The Morgan fingerprint density at radius 1 is 0.742 bits per heavy atom. The number of benzene rings is 3. The van der Waals surface area contributed by atoms with E-state index in [0.29, 0.717) is 22.3 Å². The number of carbonyl (C=O) groups is 4. The first-order valence-electron chi connectivity index (χ1n) is 9.85. The van der Waals surface area contributed by atoms with Gasteiger partial charge in [-0.3, -0.25) is 24.1 Å². The maximum Gasteiger partial charge on any atom is 0.308 e. The molecule has 3 aromatic rings. The molecule has 0 saturated carbocycles. The average molecular weight is 413 g/mol. The Hall–Kier alpha value is -4.06. The Labute approximate surface area is 179 Å². The van der Waals surface area contributed by atoms with Crippen LogP contribution in [0.2, 0.25) is 0 Å². The van der Waals surface area contributed by atoms with E-state index in [1.807, 2.05) is 0 Å². The molecule has 0 spiro atoms. The van der Waals surface area contributed by atoms with Gasteiger partial charge in [0, 0.05) is 17.7 Å². The molecular weight excluding hydrogens is 394 g/mol. The molecule has 0 aromatic heterocycles. The second kappa shape index (κ2) is 8.75. The Kier molecular flexibility index (Phi) is 5.71. The second-order valence-electron chi connectivity index (χ2n) is 7.07. The van der Waals surface area contributed by atoms with Gasteiger partial charge in [0.1, 0.15) is 0 Å². The quantitative estimate of drug-likeness (QED) is 0.334. The van der Waals surface area contributed by atoms with E-state index in [2.05, 4.69) is 0 Å². The van der Waals surface area contributed by atoms with Crippen LogP contribution in [0.25, 0.3) is 0 Å². The number of fused-ring (bicyclic) bond motifs is 1. The summed E-state index contributed by atoms with van der Waals surface area (Å²) in [5.74, 6) is -1.89. The summed E-state index contributed by atoms with van der Waals surface area (Å²) in [6.45, 7) is -0.119. The van der Waals surface area contributed by atoms with Gasteiger partial charge >= 0.3 is 5.97 Å². The monoisotopic (exact) mass is 413 g/mol. The van der Waals surface area contributed by atoms with Crippen LogP contribution in [0.4, 0.5) is 0 Å². The molecule has 1 aliphatic heterocycles. The molecule has 1 heterocycles. The number of amides is 2. The molecule has 1 atom stereocenters. The lowest BCUT2D eigenvalue weighted by molar-refractivity contribution is -0.147. The minimum absolute atomic E-state index is 0.119. The van der Waals surface area contributed by atoms with Crippen molar-refractivity contribution >= 4 is 23.6 Å². The number of hydrogen-bond donors (Lipinski definition) is 0. The summed E-state index contributed by atoms with van der Waals surface area (Å²) in [5, 5.41) is 0. The molecule has 6 heteroatoms. The van der Waals surface area contributed by atoms with Gasteiger partial charge < -0.3 is 4.74 Å². The van der Waals surface area contributed by atoms with Gasteiger partial charge in [0.25, 0.3) is 11.8 Å². The van der Waals surface area contributed by atoms with Crippen molar-refractivity contribution in [3.05, 3.63) is 107 Å². The Bertz CT molecular complexity index is 1110. The zero-order valence-corrected chi connectivity index (χ0v) is 16.6. The van der Waals surface area contributed by atoms with E-state index >= 15 is 0 Å². The maximum atomic E-state index is 13.0. The summed E-state index contributed by atoms with van der Waals surface area (Å²) in [6.07, 6.45) is -1.32. The zero-order valence-electron chi connectivity index (χ0n) is 16.6. The number of ether oxygens (including phenoxy) is 1. The molecule has 0 unspecified atom stereocenters. The third kappa shape index (κ3) is 4.14. The molecule has 154 valence electrons. The van der Waals surface area contributed by atoms with Crippen LogP contribution in [0.3, 0.4) is 0 Å². The van der Waals surface area contributed by atoms with Crippen molar-refractivity contribution in [2.45, 2.75) is 12.5 Å². The molecule has 0 aliphatic carbocycles. The predicted molar refractivity (Wildman–Crippen MR) is 112 cm³/mol. The average Bonchev–Trinajstić information content (AvgIpc) is 3.06. The lowest BCUT2D eigenvalue weighted by Gasteiger charge is -2.19. The van der Waals surface area contributed by atoms with Crippen molar-refractivity contribution in [3.63, 3.8) is 0 Å². The first-order chi connectivity index (χ1) is 15.1. The number of esters is 1. The van der Waals surface area contributed by atoms with E-state index in [9.17, 15) is 19.2 Å². The van der Waals surface area contributed by atoms with E-state index in [4.69, 9.17) is 4.74 Å². The van der Waals surface area contributed by atoms with Crippen molar-refractivity contribution in [1.82, 2.24) is 4.90 Å². The highest BCUT2D eigenvalue weighted by Crippen LogP contribution is 2.25. The molecule has 0 fully saturated rings. The van der Waals surface area contributed by atoms with E-state index < -0.39 is 23.9 Å². The van der Waals surface area contributed by atoms with Crippen LogP contribution in [0, 0.1) is 0 Å². The Morgan fingerprint density at radius 3 is 1.84 bits per heavy atom. The summed E-state index contributed by atoms with van der Waals surface area (Å²) in [7, 11) is 0. The highest BCUT2D eigenvalue weighted by Gasteiger charge is 2.35. The number of carbonyl (C=O) groups excluding carboxylic acids is 4. The number of rotatable bonds is 7. The molecule has 1 aliphatic rings. The van der Waals surface area contributed by atoms with Crippen LogP contribution < -0.4 is 0 Å². The third-order valence-electron chi connectivity index (χ3n) is 5.07. The summed E-state index contributed by atoms with van der Waals surface area (Å²) in [6, 6.07) is 23.8. The third-order valence-corrected chi connectivity index (χ3v) is 5.07. The van der Waals surface area contributed by atoms with Crippen molar-refractivity contribution in [2.75, 3.05) is 6.54 Å². The number of ketones is 1. The summed E-state index contributed by atoms with van der Waals surface area (Å²) >= 11 is 0. The maximum absolute atomic E-state index is 13.0. The number of hydrogen-bond acceptors (Lipinski definition) is 5. The van der Waals surface area contributed by atoms with E-state index in [1.165, 1.54) is 0 Å². The van der Waals surface area contributed by atoms with Gasteiger partial charge in [0.05, 0.1) is 17.5 Å². The number of imide groups is 1. The molecule has 4 rings (SSSR count). The topological polar surface area (TPSA) is 80.8 Å². The Morgan fingerprint density at radius 2 is 1.26 bits per heavy atom. The van der Waals surface area contributed by atoms with Crippen molar-refractivity contribution in [1.29, 1.82) is 0 Å². The van der Waals surface area contributed by atoms with E-state index in [1.54, 1.807) is 84.9 Å². The Balaban J connectivity index is 1.47. The molecular formula is C25H19NO5. The number of Topliss-reactive ketones (excluding diaryl/α,β-unsaturated/α-hetero) is 1. The van der Waals surface area contributed by atoms with Crippen LogP contribution in [0.1, 0.15) is 49.2 Å². The lowest BCUT2D eigenvalue weighted by atomic mass is 10.00. The standard InChI is InChI=1S/C25H19NO5/c27-21(15-16-26-24(29)19-13-7-8-14-20(19)25(26)30)31-23(18-11-5-2-6-12-18)22(28)17-9-3-1-4-10-17/h1-14,23H,15-16H2/t23-/m0/s1. The smallest absolute Gasteiger partial charge is 0.308 e. The van der Waals surface area contributed by atoms with Crippen LogP contribution in [0.5, 0.6) is 0 Å². The van der Waals surface area contributed by atoms with Crippen LogP contribution in [0.15, 0.2) is 84.9 Å². The van der Waals surface area contributed by atoms with Crippen molar-refractivity contribution in [3.8, 4) is 0 Å². The van der Waals surface area contributed by atoms with Gasteiger partial charge in [-0.2, -0.15) is 0 Å². The van der Waals surface area contributed by atoms with Crippen molar-refractivity contribution in [2.24, 2.45) is 0 Å². The van der Waals surface area contributed by atoms with E-state index in [-0.39, 0.29) is 18.7 Å². The fourth-order valence-electron chi connectivity index (χ4n) is 3.49. The molecule has 0 bridgehead atoms. The summed E-state index contributed by atoms with van der Waals surface area (Å²) in [4.78, 5) is 51.5. The fourth-order valence-corrected chi connectivity index (χ4v) is 3.49. The normalized spacial score (nSPS) is 13.6. The van der Waals surface area contributed by atoms with Crippen LogP contribution in [-0.2, 0) is 9.53 Å². The minimum atomic E-state index is -1.11. The largest absolute Gasteiger partial charge is 0.449 e. The summed E-state index contributed by atoms with van der Waals surface area (Å²) < 4.78 is 5.52. The molecule has 0 saturated heterocycles. The second-order valence-corrected chi connectivity index (χ2v) is 7.07. The molecule has 2 amide bonds. The first kappa shape index (κ1) is 20.2. The lowest BCUT2D eigenvalue weighted by Crippen LogP contribution is -2.32. The van der Waals surface area contributed by atoms with Crippen molar-refractivity contribution < 1.29 is 23.9 Å². The molecule has 6 nitrogen and oxygen atoms in total. The van der Waals surface area contributed by atoms with Gasteiger partial charge in [-0.1, -0.05) is 72.8 Å². The van der Waals surface area contributed by atoms with Gasteiger partial charge in [0.2, 0.25) is 5.78 Å². The predicted octanol–water partition coefficient (Wildman–Crippen LogP) is 3.84.